The average molecular weight is 248 g/mol. The maximum absolute atomic E-state index is 11.5. The number of aryl methyl sites for hydroxylation is 1. The molecule has 0 aromatic carbocycles. The van der Waals surface area contributed by atoms with E-state index in [4.69, 9.17) is 5.26 Å². The fourth-order valence-corrected chi connectivity index (χ4v) is 2.11. The van der Waals surface area contributed by atoms with Crippen LogP contribution in [0.5, 0.6) is 0 Å². The van der Waals surface area contributed by atoms with Crippen LogP contribution in [0.2, 0.25) is 0 Å². The van der Waals surface area contributed by atoms with Gasteiger partial charge in [0.2, 0.25) is 0 Å². The zero-order valence-corrected chi connectivity index (χ0v) is 9.74. The van der Waals surface area contributed by atoms with Crippen LogP contribution in [-0.4, -0.2) is 14.5 Å². The Hall–Kier alpha value is -2.20. The molecule has 86 valence electrons. The summed E-state index contributed by atoms with van der Waals surface area (Å²) in [6.07, 6.45) is 2.96. The number of nitriles is 1. The Labute approximate surface area is 99.8 Å². The molecule has 0 atom stereocenters. The normalized spacial score (nSPS) is 10.1. The van der Waals surface area contributed by atoms with E-state index in [0.29, 0.717) is 0 Å². The van der Waals surface area contributed by atoms with E-state index < -0.39 is 11.2 Å². The molecule has 0 saturated carbocycles. The van der Waals surface area contributed by atoms with Gasteiger partial charge in [0.15, 0.2) is 0 Å². The Morgan fingerprint density at radius 3 is 2.94 bits per heavy atom. The van der Waals surface area contributed by atoms with Gasteiger partial charge in [-0.25, -0.2) is 9.78 Å². The Morgan fingerprint density at radius 2 is 2.35 bits per heavy atom. The van der Waals surface area contributed by atoms with Crippen molar-refractivity contribution in [2.45, 2.75) is 13.5 Å². The first-order valence-electron chi connectivity index (χ1n) is 4.75. The quantitative estimate of drug-likeness (QED) is 0.823. The lowest BCUT2D eigenvalue weighted by molar-refractivity contribution is 0.714. The van der Waals surface area contributed by atoms with Crippen LogP contribution >= 0.6 is 11.3 Å². The molecule has 1 N–H and O–H groups in total. The van der Waals surface area contributed by atoms with Crippen LogP contribution in [0.4, 0.5) is 0 Å². The van der Waals surface area contributed by atoms with Gasteiger partial charge in [-0.3, -0.25) is 14.3 Å². The van der Waals surface area contributed by atoms with Crippen molar-refractivity contribution in [1.82, 2.24) is 14.5 Å². The molecule has 6 nitrogen and oxygen atoms in total. The fourth-order valence-electron chi connectivity index (χ4n) is 1.33. The number of rotatable bonds is 2. The third-order valence-corrected chi connectivity index (χ3v) is 3.00. The molecular weight excluding hydrogens is 240 g/mol. The first-order valence-corrected chi connectivity index (χ1v) is 5.57. The highest BCUT2D eigenvalue weighted by Crippen LogP contribution is 2.11. The van der Waals surface area contributed by atoms with E-state index in [1.807, 2.05) is 6.92 Å². The van der Waals surface area contributed by atoms with Crippen molar-refractivity contribution in [2.75, 3.05) is 0 Å². The number of nitrogens with one attached hydrogen (secondary N) is 1. The van der Waals surface area contributed by atoms with E-state index in [9.17, 15) is 9.59 Å². The number of aromatic amines is 1. The lowest BCUT2D eigenvalue weighted by Gasteiger charge is -2.01. The van der Waals surface area contributed by atoms with E-state index in [1.165, 1.54) is 22.1 Å². The average Bonchev–Trinajstić information content (AvgIpc) is 2.68. The molecule has 0 aliphatic rings. The smallest absolute Gasteiger partial charge is 0.292 e. The third kappa shape index (κ3) is 2.32. The van der Waals surface area contributed by atoms with Crippen molar-refractivity contribution >= 4 is 11.3 Å². The molecule has 2 aromatic rings. The molecule has 2 heterocycles. The summed E-state index contributed by atoms with van der Waals surface area (Å²) in [4.78, 5) is 29.9. The van der Waals surface area contributed by atoms with Crippen molar-refractivity contribution in [1.29, 1.82) is 5.26 Å². The van der Waals surface area contributed by atoms with Crippen LogP contribution < -0.4 is 11.2 Å². The maximum atomic E-state index is 11.5. The summed E-state index contributed by atoms with van der Waals surface area (Å²) in [5.41, 5.74) is -1.29. The second-order valence-electron chi connectivity index (χ2n) is 3.41. The van der Waals surface area contributed by atoms with Gasteiger partial charge in [-0.15, -0.1) is 11.3 Å². The summed E-state index contributed by atoms with van der Waals surface area (Å²) in [6.45, 7) is 2.17. The predicted molar refractivity (Wildman–Crippen MR) is 62.0 cm³/mol. The summed E-state index contributed by atoms with van der Waals surface area (Å²) in [5.74, 6) is 0. The van der Waals surface area contributed by atoms with Crippen LogP contribution in [0.3, 0.4) is 0 Å². The van der Waals surface area contributed by atoms with E-state index in [-0.39, 0.29) is 12.1 Å². The highest BCUT2D eigenvalue weighted by Gasteiger charge is 2.06. The minimum atomic E-state index is -0.663. The molecule has 0 saturated heterocycles. The van der Waals surface area contributed by atoms with Crippen molar-refractivity contribution in [3.05, 3.63) is 48.7 Å². The van der Waals surface area contributed by atoms with Gasteiger partial charge >= 0.3 is 5.69 Å². The van der Waals surface area contributed by atoms with Crippen LogP contribution in [0, 0.1) is 18.3 Å². The molecule has 0 fully saturated rings. The Morgan fingerprint density at radius 1 is 1.59 bits per heavy atom. The third-order valence-electron chi connectivity index (χ3n) is 2.11. The van der Waals surface area contributed by atoms with Gasteiger partial charge < -0.3 is 0 Å². The van der Waals surface area contributed by atoms with Crippen LogP contribution in [-0.2, 0) is 6.54 Å². The van der Waals surface area contributed by atoms with E-state index in [0.717, 1.165) is 9.88 Å². The summed E-state index contributed by atoms with van der Waals surface area (Å²) in [5, 5.41) is 9.46. The number of hydrogen-bond acceptors (Lipinski definition) is 5. The molecule has 0 unspecified atom stereocenters. The van der Waals surface area contributed by atoms with Crippen LogP contribution in [0.1, 0.15) is 15.4 Å². The van der Waals surface area contributed by atoms with Crippen molar-refractivity contribution in [2.24, 2.45) is 0 Å². The Balaban J connectivity index is 2.43. The molecule has 2 aromatic heterocycles. The maximum Gasteiger partial charge on any atom is 0.328 e. The minimum Gasteiger partial charge on any atom is -0.292 e. The molecule has 0 bridgehead atoms. The highest BCUT2D eigenvalue weighted by atomic mass is 32.1. The molecule has 0 amide bonds. The number of aromatic nitrogens is 3. The van der Waals surface area contributed by atoms with E-state index in [1.54, 1.807) is 12.3 Å². The predicted octanol–water partition coefficient (Wildman–Crippen LogP) is 0.221. The molecule has 0 aliphatic heterocycles. The Kier molecular flexibility index (Phi) is 2.89. The van der Waals surface area contributed by atoms with Gasteiger partial charge in [0.05, 0.1) is 6.54 Å². The van der Waals surface area contributed by atoms with Crippen LogP contribution in [0.25, 0.3) is 0 Å². The van der Waals surface area contributed by atoms with E-state index in [2.05, 4.69) is 9.97 Å². The lowest BCUT2D eigenvalue weighted by Crippen LogP contribution is -2.31. The highest BCUT2D eigenvalue weighted by molar-refractivity contribution is 7.11. The first kappa shape index (κ1) is 11.3. The Bertz CT molecular complexity index is 704. The molecule has 0 spiro atoms. The number of hydrogen-bond donors (Lipinski definition) is 1. The van der Waals surface area contributed by atoms with Gasteiger partial charge in [-0.05, 0) is 6.92 Å². The summed E-state index contributed by atoms with van der Waals surface area (Å²) < 4.78 is 1.26. The van der Waals surface area contributed by atoms with Gasteiger partial charge in [0, 0.05) is 17.3 Å². The zero-order valence-electron chi connectivity index (χ0n) is 8.93. The molecule has 2 rings (SSSR count). The lowest BCUT2D eigenvalue weighted by atomic mass is 10.4. The first-order chi connectivity index (χ1) is 8.10. The molecule has 0 aliphatic carbocycles. The summed E-state index contributed by atoms with van der Waals surface area (Å²) in [7, 11) is 0. The van der Waals surface area contributed by atoms with Crippen molar-refractivity contribution in [3.8, 4) is 6.07 Å². The van der Waals surface area contributed by atoms with E-state index >= 15 is 0 Å². The molecule has 0 radical (unpaired) electrons. The zero-order chi connectivity index (χ0) is 12.4. The second-order valence-corrected chi connectivity index (χ2v) is 4.73. The molecular formula is C10H8N4O2S. The summed E-state index contributed by atoms with van der Waals surface area (Å²) >= 11 is 1.46. The van der Waals surface area contributed by atoms with Gasteiger partial charge in [0.25, 0.3) is 5.56 Å². The summed E-state index contributed by atoms with van der Waals surface area (Å²) in [6, 6.07) is 1.73. The molecule has 17 heavy (non-hydrogen) atoms. The second kappa shape index (κ2) is 4.35. The van der Waals surface area contributed by atoms with Crippen molar-refractivity contribution < 1.29 is 0 Å². The SMILES string of the molecule is Cc1cnc(Cn2cc(C#N)c(=O)[nH]c2=O)s1. The number of nitrogens with zero attached hydrogens (tertiary/aromatic N) is 3. The van der Waals surface area contributed by atoms with Gasteiger partial charge in [-0.1, -0.05) is 0 Å². The topological polar surface area (TPSA) is 91.5 Å². The number of thiazole rings is 1. The molecule has 7 heteroatoms. The van der Waals surface area contributed by atoms with Gasteiger partial charge in [-0.2, -0.15) is 5.26 Å². The monoisotopic (exact) mass is 248 g/mol. The largest absolute Gasteiger partial charge is 0.328 e. The fraction of sp³-hybridized carbons (Fsp3) is 0.200. The van der Waals surface area contributed by atoms with Gasteiger partial charge in [0.1, 0.15) is 16.6 Å². The van der Waals surface area contributed by atoms with Crippen LogP contribution in [0.15, 0.2) is 22.0 Å². The minimum absolute atomic E-state index is 0.0853. The number of H-pyrrole nitrogens is 1. The van der Waals surface area contributed by atoms with Crippen molar-refractivity contribution in [3.63, 3.8) is 0 Å². The standard InChI is InChI=1S/C10H8N4O2S/c1-6-3-12-8(17-6)5-14-4-7(2-11)9(15)13-10(14)16/h3-4H,5H2,1H3,(H,13,15,16).